The van der Waals surface area contributed by atoms with Gasteiger partial charge in [-0.1, -0.05) is 35.3 Å². The average Bonchev–Trinajstić information content (AvgIpc) is 2.93. The van der Waals surface area contributed by atoms with Crippen LogP contribution in [0.3, 0.4) is 0 Å². The van der Waals surface area contributed by atoms with Crippen LogP contribution in [0, 0.1) is 0 Å². The number of methoxy groups -OCH3 is 1. The Morgan fingerprint density at radius 3 is 2.79 bits per heavy atom. The van der Waals surface area contributed by atoms with Crippen molar-refractivity contribution in [1.29, 1.82) is 0 Å². The maximum absolute atomic E-state index is 11.7. The summed E-state index contributed by atoms with van der Waals surface area (Å²) < 4.78 is 16.7. The number of carbonyl (C=O) groups is 1. The van der Waals surface area contributed by atoms with Crippen LogP contribution in [0.2, 0.25) is 10.0 Å². The first-order chi connectivity index (χ1) is 13.1. The van der Waals surface area contributed by atoms with E-state index >= 15 is 0 Å². The fourth-order valence-corrected chi connectivity index (χ4v) is 3.34. The third-order valence-corrected chi connectivity index (χ3v) is 5.20. The standard InChI is InChI=1S/C20H21Cl2NO4.ClH/c1-25-20(24)14-3-2-4-15(9-14)27-12-19-16(11-23-7-8-26-19)13-5-6-17(21)18(22)10-13;/h2-6,9-10,16,19,23H,7-8,11-12H2,1H3;1H. The Labute approximate surface area is 180 Å². The van der Waals surface area contributed by atoms with Crippen molar-refractivity contribution in [2.45, 2.75) is 12.0 Å². The molecule has 8 heteroatoms. The zero-order chi connectivity index (χ0) is 19.2. The summed E-state index contributed by atoms with van der Waals surface area (Å²) >= 11 is 12.2. The molecule has 1 saturated heterocycles. The van der Waals surface area contributed by atoms with Crippen LogP contribution >= 0.6 is 35.6 Å². The molecule has 0 spiro atoms. The van der Waals surface area contributed by atoms with Crippen molar-refractivity contribution in [1.82, 2.24) is 5.32 Å². The Balaban J connectivity index is 0.00000280. The molecule has 1 N–H and O–H groups in total. The van der Waals surface area contributed by atoms with Gasteiger partial charge in [-0.2, -0.15) is 0 Å². The van der Waals surface area contributed by atoms with E-state index in [-0.39, 0.29) is 24.4 Å². The Morgan fingerprint density at radius 2 is 2.04 bits per heavy atom. The third-order valence-electron chi connectivity index (χ3n) is 4.47. The molecule has 1 heterocycles. The summed E-state index contributed by atoms with van der Waals surface area (Å²) in [5.74, 6) is 0.252. The van der Waals surface area contributed by atoms with Gasteiger partial charge < -0.3 is 19.5 Å². The highest BCUT2D eigenvalue weighted by atomic mass is 35.5. The van der Waals surface area contributed by atoms with E-state index in [1.54, 1.807) is 30.3 Å². The molecule has 5 nitrogen and oxygen atoms in total. The highest BCUT2D eigenvalue weighted by molar-refractivity contribution is 6.42. The van der Waals surface area contributed by atoms with Crippen LogP contribution in [0.5, 0.6) is 5.75 Å². The van der Waals surface area contributed by atoms with Crippen molar-refractivity contribution in [3.05, 3.63) is 63.6 Å². The molecular weight excluding hydrogens is 425 g/mol. The smallest absolute Gasteiger partial charge is 0.337 e. The maximum Gasteiger partial charge on any atom is 0.337 e. The summed E-state index contributed by atoms with van der Waals surface area (Å²) in [7, 11) is 1.35. The minimum Gasteiger partial charge on any atom is -0.491 e. The van der Waals surface area contributed by atoms with Crippen LogP contribution in [0.1, 0.15) is 21.8 Å². The van der Waals surface area contributed by atoms with Crippen molar-refractivity contribution < 1.29 is 19.0 Å². The Morgan fingerprint density at radius 1 is 1.21 bits per heavy atom. The molecule has 0 radical (unpaired) electrons. The number of benzene rings is 2. The van der Waals surface area contributed by atoms with E-state index in [1.165, 1.54) is 7.11 Å². The van der Waals surface area contributed by atoms with Gasteiger partial charge in [0.2, 0.25) is 0 Å². The van der Waals surface area contributed by atoms with Gasteiger partial charge in [0.15, 0.2) is 0 Å². The molecular formula is C20H22Cl3NO4. The normalized spacial score (nSPS) is 19.2. The molecule has 0 aromatic heterocycles. The van der Waals surface area contributed by atoms with Gasteiger partial charge in [-0.25, -0.2) is 4.79 Å². The molecule has 0 aliphatic carbocycles. The van der Waals surface area contributed by atoms with Crippen molar-refractivity contribution in [2.75, 3.05) is 33.4 Å². The minimum atomic E-state index is -0.399. The van der Waals surface area contributed by atoms with Crippen LogP contribution in [0.25, 0.3) is 0 Å². The first-order valence-corrected chi connectivity index (χ1v) is 9.42. The number of carbonyl (C=O) groups excluding carboxylic acids is 1. The fraction of sp³-hybridized carbons (Fsp3) is 0.350. The number of hydrogen-bond donors (Lipinski definition) is 1. The quantitative estimate of drug-likeness (QED) is 0.692. The van der Waals surface area contributed by atoms with Gasteiger partial charge in [-0.05, 0) is 35.9 Å². The molecule has 2 unspecified atom stereocenters. The number of hydrogen-bond acceptors (Lipinski definition) is 5. The lowest BCUT2D eigenvalue weighted by Crippen LogP contribution is -2.31. The van der Waals surface area contributed by atoms with E-state index in [9.17, 15) is 4.79 Å². The molecule has 28 heavy (non-hydrogen) atoms. The van der Waals surface area contributed by atoms with Crippen LogP contribution in [-0.4, -0.2) is 45.5 Å². The van der Waals surface area contributed by atoms with Gasteiger partial charge in [-0.3, -0.25) is 0 Å². The van der Waals surface area contributed by atoms with Gasteiger partial charge in [0.05, 0.1) is 35.4 Å². The third kappa shape index (κ3) is 5.75. The minimum absolute atomic E-state index is 0. The second-order valence-corrected chi connectivity index (χ2v) is 7.04. The Hall–Kier alpha value is -1.50. The second-order valence-electron chi connectivity index (χ2n) is 6.22. The largest absolute Gasteiger partial charge is 0.491 e. The molecule has 2 atom stereocenters. The molecule has 1 fully saturated rings. The summed E-state index contributed by atoms with van der Waals surface area (Å²) in [5, 5.41) is 4.41. The fourth-order valence-electron chi connectivity index (χ4n) is 3.04. The van der Waals surface area contributed by atoms with Crippen molar-refractivity contribution in [3.63, 3.8) is 0 Å². The molecule has 152 valence electrons. The zero-order valence-corrected chi connectivity index (χ0v) is 17.7. The first kappa shape index (κ1) is 22.8. The molecule has 0 saturated carbocycles. The summed E-state index contributed by atoms with van der Waals surface area (Å²) in [5.41, 5.74) is 1.48. The van der Waals surface area contributed by atoms with Crippen molar-refractivity contribution >= 4 is 41.6 Å². The van der Waals surface area contributed by atoms with Gasteiger partial charge >= 0.3 is 5.97 Å². The lowest BCUT2D eigenvalue weighted by Gasteiger charge is -2.25. The molecule has 3 rings (SSSR count). The van der Waals surface area contributed by atoms with Gasteiger partial charge in [-0.15, -0.1) is 12.4 Å². The lowest BCUT2D eigenvalue weighted by molar-refractivity contribution is 0.0181. The van der Waals surface area contributed by atoms with Crippen LogP contribution < -0.4 is 10.1 Å². The van der Waals surface area contributed by atoms with E-state index in [0.29, 0.717) is 34.6 Å². The van der Waals surface area contributed by atoms with Crippen LogP contribution in [0.15, 0.2) is 42.5 Å². The maximum atomic E-state index is 11.7. The second kappa shape index (κ2) is 10.9. The van der Waals surface area contributed by atoms with E-state index in [2.05, 4.69) is 5.32 Å². The molecule has 1 aliphatic heterocycles. The predicted octanol–water partition coefficient (Wildman–Crippen LogP) is 4.35. The van der Waals surface area contributed by atoms with Crippen molar-refractivity contribution in [2.24, 2.45) is 0 Å². The van der Waals surface area contributed by atoms with Gasteiger partial charge in [0.25, 0.3) is 0 Å². The number of nitrogens with one attached hydrogen (secondary N) is 1. The van der Waals surface area contributed by atoms with E-state index in [4.69, 9.17) is 37.4 Å². The van der Waals surface area contributed by atoms with E-state index in [1.807, 2.05) is 12.1 Å². The Kier molecular flexibility index (Phi) is 8.86. The van der Waals surface area contributed by atoms with Crippen LogP contribution in [0.4, 0.5) is 0 Å². The SMILES string of the molecule is COC(=O)c1cccc(OCC2OCCNCC2c2ccc(Cl)c(Cl)c2)c1.Cl. The monoisotopic (exact) mass is 445 g/mol. The first-order valence-electron chi connectivity index (χ1n) is 8.67. The number of rotatable bonds is 5. The molecule has 2 aromatic rings. The summed E-state index contributed by atoms with van der Waals surface area (Å²) in [4.78, 5) is 11.7. The highest BCUT2D eigenvalue weighted by Crippen LogP contribution is 2.30. The van der Waals surface area contributed by atoms with E-state index in [0.717, 1.165) is 18.7 Å². The number of halogens is 3. The topological polar surface area (TPSA) is 56.8 Å². The molecule has 0 amide bonds. The van der Waals surface area contributed by atoms with Crippen molar-refractivity contribution in [3.8, 4) is 5.75 Å². The highest BCUT2D eigenvalue weighted by Gasteiger charge is 2.27. The molecule has 1 aliphatic rings. The van der Waals surface area contributed by atoms with Crippen LogP contribution in [-0.2, 0) is 9.47 Å². The van der Waals surface area contributed by atoms with Gasteiger partial charge in [0, 0.05) is 19.0 Å². The summed E-state index contributed by atoms with van der Waals surface area (Å²) in [6, 6.07) is 12.5. The van der Waals surface area contributed by atoms with Gasteiger partial charge in [0.1, 0.15) is 12.4 Å². The zero-order valence-electron chi connectivity index (χ0n) is 15.3. The lowest BCUT2D eigenvalue weighted by atomic mass is 9.93. The molecule has 0 bridgehead atoms. The summed E-state index contributed by atoms with van der Waals surface area (Å²) in [6.45, 7) is 2.45. The number of ether oxygens (including phenoxy) is 3. The molecule has 2 aromatic carbocycles. The number of esters is 1. The Bertz CT molecular complexity index is 803. The van der Waals surface area contributed by atoms with E-state index < -0.39 is 5.97 Å². The average molecular weight is 447 g/mol. The summed E-state index contributed by atoms with van der Waals surface area (Å²) in [6.07, 6.45) is -0.168. The predicted molar refractivity (Wildman–Crippen MR) is 112 cm³/mol.